The molecule has 1 aromatic heterocycles. The third kappa shape index (κ3) is 3.70. The van der Waals surface area contributed by atoms with Gasteiger partial charge in [-0.2, -0.15) is 4.68 Å². The lowest BCUT2D eigenvalue weighted by molar-refractivity contribution is 0.250. The van der Waals surface area contributed by atoms with Crippen molar-refractivity contribution in [1.29, 1.82) is 0 Å². The fourth-order valence-electron chi connectivity index (χ4n) is 3.92. The molecule has 1 aliphatic carbocycles. The van der Waals surface area contributed by atoms with Gasteiger partial charge in [-0.1, -0.05) is 17.4 Å². The largest absolute Gasteiger partial charge is 0.347 e. The first-order valence-corrected chi connectivity index (χ1v) is 9.53. The average Bonchev–Trinajstić information content (AvgIpc) is 3.25. The molecule has 2 heterocycles. The smallest absolute Gasteiger partial charge is 0.317 e. The van der Waals surface area contributed by atoms with Crippen LogP contribution in [0.5, 0.6) is 0 Å². The van der Waals surface area contributed by atoms with E-state index in [1.165, 1.54) is 47.7 Å². The van der Waals surface area contributed by atoms with E-state index in [-0.39, 0.29) is 6.03 Å². The van der Waals surface area contributed by atoms with E-state index in [4.69, 9.17) is 0 Å². The standard InChI is InChI=1S/C20H25N5O/c26-20(25-13-12-22-24-25)23-19-7-6-17(15-8-10-21-11-9-15)14-18(19)16-4-2-1-3-5-16/h4,6-7,12-15,21H,1-3,5,8-11H2,(H,23,26). The van der Waals surface area contributed by atoms with Crippen LogP contribution in [0.1, 0.15) is 55.6 Å². The summed E-state index contributed by atoms with van der Waals surface area (Å²) < 4.78 is 1.22. The molecular weight excluding hydrogens is 326 g/mol. The Bertz CT molecular complexity index is 791. The zero-order chi connectivity index (χ0) is 17.8. The number of anilines is 1. The van der Waals surface area contributed by atoms with Gasteiger partial charge in [0.25, 0.3) is 0 Å². The minimum Gasteiger partial charge on any atom is -0.317 e. The highest BCUT2D eigenvalue weighted by Gasteiger charge is 2.19. The summed E-state index contributed by atoms with van der Waals surface area (Å²) in [4.78, 5) is 12.4. The summed E-state index contributed by atoms with van der Waals surface area (Å²) >= 11 is 0. The maximum Gasteiger partial charge on any atom is 0.347 e. The maximum absolute atomic E-state index is 12.4. The van der Waals surface area contributed by atoms with Gasteiger partial charge in [0.15, 0.2) is 0 Å². The molecule has 1 amide bonds. The molecule has 0 bridgehead atoms. The van der Waals surface area contributed by atoms with E-state index >= 15 is 0 Å². The highest BCUT2D eigenvalue weighted by molar-refractivity contribution is 5.94. The Hall–Kier alpha value is -2.47. The zero-order valence-corrected chi connectivity index (χ0v) is 14.9. The van der Waals surface area contributed by atoms with E-state index in [0.717, 1.165) is 37.2 Å². The third-order valence-corrected chi connectivity index (χ3v) is 5.36. The van der Waals surface area contributed by atoms with Gasteiger partial charge in [-0.15, -0.1) is 5.10 Å². The molecule has 1 aliphatic heterocycles. The van der Waals surface area contributed by atoms with Crippen LogP contribution in [0, 0.1) is 0 Å². The summed E-state index contributed by atoms with van der Waals surface area (Å²) in [6.45, 7) is 2.15. The Balaban J connectivity index is 1.65. The van der Waals surface area contributed by atoms with E-state index in [2.05, 4.69) is 45.2 Å². The number of allylic oxidation sites excluding steroid dienone is 2. The maximum atomic E-state index is 12.4. The molecule has 0 radical (unpaired) electrons. The summed E-state index contributed by atoms with van der Waals surface area (Å²) in [5.41, 5.74) is 4.75. The van der Waals surface area contributed by atoms with Gasteiger partial charge in [-0.25, -0.2) is 4.79 Å². The van der Waals surface area contributed by atoms with Crippen molar-refractivity contribution in [2.24, 2.45) is 0 Å². The lowest BCUT2D eigenvalue weighted by Gasteiger charge is -2.25. The molecule has 0 atom stereocenters. The first kappa shape index (κ1) is 17.0. The number of hydrogen-bond donors (Lipinski definition) is 2. The van der Waals surface area contributed by atoms with Crippen molar-refractivity contribution in [3.05, 3.63) is 47.8 Å². The number of nitrogens with zero attached hydrogens (tertiary/aromatic N) is 3. The van der Waals surface area contributed by atoms with Crippen LogP contribution in [0.2, 0.25) is 0 Å². The summed E-state index contributed by atoms with van der Waals surface area (Å²) in [6.07, 6.45) is 12.4. The number of amides is 1. The zero-order valence-electron chi connectivity index (χ0n) is 14.9. The van der Waals surface area contributed by atoms with Crippen molar-refractivity contribution in [1.82, 2.24) is 20.3 Å². The van der Waals surface area contributed by atoms with Gasteiger partial charge in [0.05, 0.1) is 12.4 Å². The number of hydrogen-bond acceptors (Lipinski definition) is 4. The molecule has 136 valence electrons. The van der Waals surface area contributed by atoms with Crippen LogP contribution >= 0.6 is 0 Å². The number of piperidine rings is 1. The molecule has 2 aromatic rings. The van der Waals surface area contributed by atoms with Gasteiger partial charge < -0.3 is 10.6 Å². The van der Waals surface area contributed by atoms with Gasteiger partial charge in [0.2, 0.25) is 0 Å². The Morgan fingerprint density at radius 3 is 2.85 bits per heavy atom. The summed E-state index contributed by atoms with van der Waals surface area (Å²) in [5.74, 6) is 0.597. The minimum absolute atomic E-state index is 0.283. The molecule has 2 N–H and O–H groups in total. The van der Waals surface area contributed by atoms with Crippen molar-refractivity contribution in [2.45, 2.75) is 44.4 Å². The van der Waals surface area contributed by atoms with E-state index < -0.39 is 0 Å². The van der Waals surface area contributed by atoms with E-state index in [1.807, 2.05) is 0 Å². The van der Waals surface area contributed by atoms with E-state index in [0.29, 0.717) is 5.92 Å². The molecule has 4 rings (SSSR count). The molecule has 0 spiro atoms. The molecule has 0 unspecified atom stereocenters. The molecule has 1 saturated heterocycles. The first-order valence-electron chi connectivity index (χ1n) is 9.53. The normalized spacial score (nSPS) is 18.4. The first-order chi connectivity index (χ1) is 12.8. The molecule has 2 aliphatic rings. The molecule has 6 nitrogen and oxygen atoms in total. The number of benzene rings is 1. The number of rotatable bonds is 3. The topological polar surface area (TPSA) is 71.8 Å². The molecule has 1 fully saturated rings. The van der Waals surface area contributed by atoms with Crippen molar-refractivity contribution >= 4 is 17.3 Å². The van der Waals surface area contributed by atoms with Crippen LogP contribution in [-0.2, 0) is 0 Å². The highest BCUT2D eigenvalue weighted by Crippen LogP contribution is 2.35. The minimum atomic E-state index is -0.283. The highest BCUT2D eigenvalue weighted by atomic mass is 16.2. The Morgan fingerprint density at radius 1 is 1.23 bits per heavy atom. The van der Waals surface area contributed by atoms with Crippen LogP contribution in [0.3, 0.4) is 0 Å². The van der Waals surface area contributed by atoms with Gasteiger partial charge in [0, 0.05) is 11.3 Å². The monoisotopic (exact) mass is 351 g/mol. The van der Waals surface area contributed by atoms with Gasteiger partial charge in [0.1, 0.15) is 0 Å². The quantitative estimate of drug-likeness (QED) is 0.883. The number of nitrogens with one attached hydrogen (secondary N) is 2. The van der Waals surface area contributed by atoms with Gasteiger partial charge in [-0.05, 0) is 80.8 Å². The second-order valence-electron chi connectivity index (χ2n) is 7.08. The van der Waals surface area contributed by atoms with Crippen LogP contribution in [0.15, 0.2) is 36.7 Å². The Morgan fingerprint density at radius 2 is 2.12 bits per heavy atom. The summed E-state index contributed by atoms with van der Waals surface area (Å²) in [5, 5.41) is 13.9. The average molecular weight is 351 g/mol. The van der Waals surface area contributed by atoms with Crippen molar-refractivity contribution in [3.63, 3.8) is 0 Å². The molecule has 26 heavy (non-hydrogen) atoms. The predicted octanol–water partition coefficient (Wildman–Crippen LogP) is 3.78. The molecule has 0 saturated carbocycles. The van der Waals surface area contributed by atoms with Crippen molar-refractivity contribution < 1.29 is 4.79 Å². The Labute approximate surface area is 153 Å². The summed E-state index contributed by atoms with van der Waals surface area (Å²) in [7, 11) is 0. The van der Waals surface area contributed by atoms with Gasteiger partial charge in [-0.3, -0.25) is 0 Å². The molecule has 6 heteroatoms. The number of carbonyl (C=O) groups is 1. The van der Waals surface area contributed by atoms with Crippen molar-refractivity contribution in [2.75, 3.05) is 18.4 Å². The third-order valence-electron chi connectivity index (χ3n) is 5.36. The summed E-state index contributed by atoms with van der Waals surface area (Å²) in [6, 6.07) is 6.23. The van der Waals surface area contributed by atoms with Gasteiger partial charge >= 0.3 is 6.03 Å². The second kappa shape index (κ2) is 7.83. The number of carbonyl (C=O) groups excluding carboxylic acids is 1. The SMILES string of the molecule is O=C(Nc1ccc(C2CCNCC2)cc1C1=CCCCC1)n1ccnn1. The number of aromatic nitrogens is 3. The van der Waals surface area contributed by atoms with Crippen LogP contribution in [0.4, 0.5) is 10.5 Å². The predicted molar refractivity (Wildman–Crippen MR) is 102 cm³/mol. The van der Waals surface area contributed by atoms with Crippen LogP contribution < -0.4 is 10.6 Å². The van der Waals surface area contributed by atoms with E-state index in [1.54, 1.807) is 6.20 Å². The fourth-order valence-corrected chi connectivity index (χ4v) is 3.92. The van der Waals surface area contributed by atoms with E-state index in [9.17, 15) is 4.79 Å². The molecule has 1 aromatic carbocycles. The van der Waals surface area contributed by atoms with Crippen LogP contribution in [0.25, 0.3) is 5.57 Å². The lowest BCUT2D eigenvalue weighted by atomic mass is 9.86. The fraction of sp³-hybridized carbons (Fsp3) is 0.450. The second-order valence-corrected chi connectivity index (χ2v) is 7.08. The van der Waals surface area contributed by atoms with Crippen molar-refractivity contribution in [3.8, 4) is 0 Å². The van der Waals surface area contributed by atoms with Crippen LogP contribution in [-0.4, -0.2) is 34.1 Å². The Kier molecular flexibility index (Phi) is 5.11. The lowest BCUT2D eigenvalue weighted by Crippen LogP contribution is -2.26. The molecular formula is C20H25N5O.